The Balaban J connectivity index is 2.24. The van der Waals surface area contributed by atoms with Gasteiger partial charge >= 0.3 is 11.7 Å². The minimum atomic E-state index is -0.949. The van der Waals surface area contributed by atoms with Crippen molar-refractivity contribution in [3.63, 3.8) is 0 Å². The standard InChI is InChI=1S/C15H15N3O5/c1-17-8-11(14(22)18(2)15(17)23)13(21)16-10-5-3-9(4-6-10)7-12(19)20/h3-6,8H,7H2,1-2H3,(H,16,21)(H,19,20). The Morgan fingerprint density at radius 1 is 1.13 bits per heavy atom. The molecule has 0 radical (unpaired) electrons. The first kappa shape index (κ1) is 16.2. The van der Waals surface area contributed by atoms with Gasteiger partial charge < -0.3 is 15.0 Å². The number of hydrogen-bond donors (Lipinski definition) is 2. The van der Waals surface area contributed by atoms with Gasteiger partial charge in [-0.15, -0.1) is 0 Å². The summed E-state index contributed by atoms with van der Waals surface area (Å²) < 4.78 is 2.00. The first-order valence-electron chi connectivity index (χ1n) is 6.68. The number of rotatable bonds is 4. The molecule has 2 N–H and O–H groups in total. The summed E-state index contributed by atoms with van der Waals surface area (Å²) in [6, 6.07) is 6.23. The molecule has 0 saturated heterocycles. The Morgan fingerprint density at radius 3 is 2.30 bits per heavy atom. The molecule has 23 heavy (non-hydrogen) atoms. The Kier molecular flexibility index (Phi) is 4.44. The molecule has 0 saturated carbocycles. The molecule has 1 heterocycles. The second-order valence-corrected chi connectivity index (χ2v) is 5.02. The molecule has 0 unspecified atom stereocenters. The number of amides is 1. The summed E-state index contributed by atoms with van der Waals surface area (Å²) in [7, 11) is 2.74. The number of carboxylic acid groups (broad SMARTS) is 1. The lowest BCUT2D eigenvalue weighted by Crippen LogP contribution is -2.40. The van der Waals surface area contributed by atoms with Gasteiger partial charge in [0.05, 0.1) is 6.42 Å². The Labute approximate surface area is 130 Å². The second kappa shape index (κ2) is 6.30. The number of carbonyl (C=O) groups excluding carboxylic acids is 1. The summed E-state index contributed by atoms with van der Waals surface area (Å²) in [5.41, 5.74) is -0.365. The molecular weight excluding hydrogens is 302 g/mol. The Bertz CT molecular complexity index is 877. The maximum Gasteiger partial charge on any atom is 0.330 e. The lowest BCUT2D eigenvalue weighted by molar-refractivity contribution is -0.136. The van der Waals surface area contributed by atoms with E-state index in [-0.39, 0.29) is 12.0 Å². The number of nitrogens with zero attached hydrogens (tertiary/aromatic N) is 2. The van der Waals surface area contributed by atoms with E-state index in [1.165, 1.54) is 20.3 Å². The van der Waals surface area contributed by atoms with Gasteiger partial charge in [-0.25, -0.2) is 4.79 Å². The molecular formula is C15H15N3O5. The van der Waals surface area contributed by atoms with E-state index in [1.54, 1.807) is 24.3 Å². The van der Waals surface area contributed by atoms with Crippen LogP contribution in [0.4, 0.5) is 5.69 Å². The lowest BCUT2D eigenvalue weighted by atomic mass is 10.1. The molecule has 2 rings (SSSR count). The molecule has 8 nitrogen and oxygen atoms in total. The number of carbonyl (C=O) groups is 2. The number of aryl methyl sites for hydroxylation is 1. The highest BCUT2D eigenvalue weighted by atomic mass is 16.4. The Hall–Kier alpha value is -3.16. The summed E-state index contributed by atoms with van der Waals surface area (Å²) in [6.45, 7) is 0. The van der Waals surface area contributed by atoms with Crippen LogP contribution in [0.25, 0.3) is 0 Å². The van der Waals surface area contributed by atoms with Gasteiger partial charge in [0.1, 0.15) is 5.56 Å². The average Bonchev–Trinajstić information content (AvgIpc) is 2.50. The monoisotopic (exact) mass is 317 g/mol. The quantitative estimate of drug-likeness (QED) is 0.822. The molecule has 2 aromatic rings. The van der Waals surface area contributed by atoms with Crippen LogP contribution in [0.5, 0.6) is 0 Å². The number of nitrogens with one attached hydrogen (secondary N) is 1. The van der Waals surface area contributed by atoms with Crippen molar-refractivity contribution in [1.82, 2.24) is 9.13 Å². The van der Waals surface area contributed by atoms with Crippen LogP contribution in [0, 0.1) is 0 Å². The van der Waals surface area contributed by atoms with Crippen LogP contribution in [-0.2, 0) is 25.3 Å². The molecule has 0 atom stereocenters. The van der Waals surface area contributed by atoms with Crippen LogP contribution in [-0.4, -0.2) is 26.1 Å². The van der Waals surface area contributed by atoms with E-state index in [9.17, 15) is 19.2 Å². The van der Waals surface area contributed by atoms with Crippen LogP contribution >= 0.6 is 0 Å². The van der Waals surface area contributed by atoms with Gasteiger partial charge in [0.15, 0.2) is 0 Å². The third-order valence-electron chi connectivity index (χ3n) is 3.26. The smallest absolute Gasteiger partial charge is 0.330 e. The third-order valence-corrected chi connectivity index (χ3v) is 3.26. The van der Waals surface area contributed by atoms with Gasteiger partial charge in [0.25, 0.3) is 11.5 Å². The van der Waals surface area contributed by atoms with Crippen molar-refractivity contribution in [2.75, 3.05) is 5.32 Å². The molecule has 0 bridgehead atoms. The van der Waals surface area contributed by atoms with Crippen LogP contribution in [0.15, 0.2) is 40.1 Å². The van der Waals surface area contributed by atoms with Crippen molar-refractivity contribution in [3.8, 4) is 0 Å². The number of carboxylic acids is 1. The summed E-state index contributed by atoms with van der Waals surface area (Å²) in [5, 5.41) is 11.2. The summed E-state index contributed by atoms with van der Waals surface area (Å²) in [4.78, 5) is 46.4. The Morgan fingerprint density at radius 2 is 1.74 bits per heavy atom. The molecule has 0 fully saturated rings. The van der Waals surface area contributed by atoms with E-state index in [0.29, 0.717) is 11.3 Å². The van der Waals surface area contributed by atoms with Crippen molar-refractivity contribution >= 4 is 17.6 Å². The number of benzene rings is 1. The molecule has 0 aliphatic rings. The zero-order valence-corrected chi connectivity index (χ0v) is 12.6. The van der Waals surface area contributed by atoms with E-state index >= 15 is 0 Å². The van der Waals surface area contributed by atoms with E-state index < -0.39 is 23.1 Å². The molecule has 1 aromatic carbocycles. The van der Waals surface area contributed by atoms with Gasteiger partial charge in [0, 0.05) is 26.0 Å². The molecule has 0 spiro atoms. The van der Waals surface area contributed by atoms with Crippen LogP contribution in [0.3, 0.4) is 0 Å². The van der Waals surface area contributed by atoms with Crippen molar-refractivity contribution in [1.29, 1.82) is 0 Å². The van der Waals surface area contributed by atoms with Gasteiger partial charge in [-0.1, -0.05) is 12.1 Å². The van der Waals surface area contributed by atoms with Gasteiger partial charge in [0.2, 0.25) is 0 Å². The normalized spacial score (nSPS) is 10.3. The zero-order valence-electron chi connectivity index (χ0n) is 12.6. The summed E-state index contributed by atoms with van der Waals surface area (Å²) in [5.74, 6) is -1.59. The summed E-state index contributed by atoms with van der Waals surface area (Å²) in [6.07, 6.45) is 1.06. The minimum absolute atomic E-state index is 0.116. The molecule has 0 aliphatic heterocycles. The maximum absolute atomic E-state index is 12.2. The van der Waals surface area contributed by atoms with Gasteiger partial charge in [-0.2, -0.15) is 0 Å². The predicted octanol–water partition coefficient (Wildman–Crippen LogP) is -0.0366. The average molecular weight is 317 g/mol. The van der Waals surface area contributed by atoms with Crippen molar-refractivity contribution in [2.24, 2.45) is 14.1 Å². The highest BCUT2D eigenvalue weighted by Crippen LogP contribution is 2.11. The first-order chi connectivity index (χ1) is 10.8. The van der Waals surface area contributed by atoms with Gasteiger partial charge in [-0.3, -0.25) is 19.0 Å². The predicted molar refractivity (Wildman–Crippen MR) is 82.7 cm³/mol. The number of anilines is 1. The fourth-order valence-corrected chi connectivity index (χ4v) is 2.04. The highest BCUT2D eigenvalue weighted by molar-refractivity contribution is 6.03. The minimum Gasteiger partial charge on any atom is -0.481 e. The van der Waals surface area contributed by atoms with Crippen LogP contribution in [0.2, 0.25) is 0 Å². The van der Waals surface area contributed by atoms with E-state index in [1.807, 2.05) is 0 Å². The fourth-order valence-electron chi connectivity index (χ4n) is 2.04. The van der Waals surface area contributed by atoms with Gasteiger partial charge in [-0.05, 0) is 17.7 Å². The van der Waals surface area contributed by atoms with Crippen LogP contribution in [0.1, 0.15) is 15.9 Å². The highest BCUT2D eigenvalue weighted by Gasteiger charge is 2.14. The molecule has 0 aliphatic carbocycles. The third kappa shape index (κ3) is 3.54. The molecule has 1 aromatic heterocycles. The maximum atomic E-state index is 12.2. The number of aliphatic carboxylic acids is 1. The first-order valence-corrected chi connectivity index (χ1v) is 6.68. The largest absolute Gasteiger partial charge is 0.481 e. The van der Waals surface area contributed by atoms with Crippen molar-refractivity contribution in [2.45, 2.75) is 6.42 Å². The van der Waals surface area contributed by atoms with E-state index in [2.05, 4.69) is 5.32 Å². The fraction of sp³-hybridized carbons (Fsp3) is 0.200. The lowest BCUT2D eigenvalue weighted by Gasteiger charge is -2.08. The topological polar surface area (TPSA) is 110 Å². The van der Waals surface area contributed by atoms with Crippen LogP contribution < -0.4 is 16.6 Å². The van der Waals surface area contributed by atoms with E-state index in [4.69, 9.17) is 5.11 Å². The SMILES string of the molecule is Cn1cc(C(=O)Nc2ccc(CC(=O)O)cc2)c(=O)n(C)c1=O. The van der Waals surface area contributed by atoms with E-state index in [0.717, 1.165) is 9.13 Å². The van der Waals surface area contributed by atoms with Crippen molar-refractivity contribution in [3.05, 3.63) is 62.4 Å². The second-order valence-electron chi connectivity index (χ2n) is 5.02. The molecule has 1 amide bonds. The number of hydrogen-bond acceptors (Lipinski definition) is 4. The summed E-state index contributed by atoms with van der Waals surface area (Å²) >= 11 is 0. The number of aromatic nitrogens is 2. The molecule has 8 heteroatoms. The zero-order chi connectivity index (χ0) is 17.1. The molecule has 120 valence electrons. The van der Waals surface area contributed by atoms with Crippen molar-refractivity contribution < 1.29 is 14.7 Å².